The van der Waals surface area contributed by atoms with E-state index < -0.39 is 31.6 Å². The molecule has 0 aromatic carbocycles. The molecule has 0 saturated carbocycles. The first-order chi connectivity index (χ1) is 12.3. The van der Waals surface area contributed by atoms with Crippen LogP contribution in [0.4, 0.5) is 0 Å². The van der Waals surface area contributed by atoms with Crippen LogP contribution in [0, 0.1) is 5.41 Å². The number of hydrogen-bond donors (Lipinski definition) is 2. The Morgan fingerprint density at radius 2 is 2.12 bits per heavy atom. The molecule has 0 aliphatic carbocycles. The number of amides is 1. The quantitative estimate of drug-likeness (QED) is 0.527. The Morgan fingerprint density at radius 1 is 1.42 bits per heavy atom. The molecular formula is C16H25N2O7P. The zero-order chi connectivity index (χ0) is 19.2. The third-order valence-electron chi connectivity index (χ3n) is 3.88. The maximum absolute atomic E-state index is 12.4. The van der Waals surface area contributed by atoms with Crippen LogP contribution < -0.4 is 5.32 Å². The Morgan fingerprint density at radius 3 is 2.77 bits per heavy atom. The summed E-state index contributed by atoms with van der Waals surface area (Å²) in [5, 5.41) is 2.62. The second kappa shape index (κ2) is 8.83. The van der Waals surface area contributed by atoms with Gasteiger partial charge in [0, 0.05) is 0 Å². The Hall–Kier alpha value is -1.64. The van der Waals surface area contributed by atoms with Crippen molar-refractivity contribution in [3.8, 4) is 0 Å². The van der Waals surface area contributed by atoms with Crippen molar-refractivity contribution in [1.29, 1.82) is 0 Å². The molecule has 1 aromatic heterocycles. The molecule has 1 atom stereocenters. The predicted molar refractivity (Wildman–Crippen MR) is 93.8 cm³/mol. The number of nitrogens with one attached hydrogen (secondary N) is 1. The Bertz CT molecular complexity index is 628. The molecule has 1 aliphatic rings. The summed E-state index contributed by atoms with van der Waals surface area (Å²) in [4.78, 5) is 38.1. The molecule has 146 valence electrons. The molecule has 0 radical (unpaired) electrons. The molecule has 1 saturated heterocycles. The molecule has 0 bridgehead atoms. The molecule has 1 amide bonds. The number of esters is 1. The van der Waals surface area contributed by atoms with E-state index in [1.54, 1.807) is 38.4 Å². The van der Waals surface area contributed by atoms with Crippen LogP contribution in [0.2, 0.25) is 0 Å². The predicted octanol–water partition coefficient (Wildman–Crippen LogP) is 1.12. The van der Waals surface area contributed by atoms with Gasteiger partial charge in [0.2, 0.25) is 0 Å². The van der Waals surface area contributed by atoms with Gasteiger partial charge in [-0.15, -0.1) is 0 Å². The van der Waals surface area contributed by atoms with Crippen molar-refractivity contribution in [1.82, 2.24) is 10.3 Å². The van der Waals surface area contributed by atoms with Crippen LogP contribution in [0.1, 0.15) is 25.8 Å². The van der Waals surface area contributed by atoms with E-state index in [4.69, 9.17) is 18.3 Å². The number of aromatic nitrogens is 1. The molecule has 2 N–H and O–H groups in total. The summed E-state index contributed by atoms with van der Waals surface area (Å²) in [6.07, 6.45) is 2.31. The standard InChI is InChI=1S/C16H25N2O7P/c1-16(2)11-24-26(21,22-3)25-14(16)15(20)18-9-6-13(19)23-10-12-4-7-17-8-5-12/h4-5,7-8,14,21,26H,6,9-11H2,1-3H3,(H,18,20)/t14-/m0/s1. The SMILES string of the molecule is CO[PH]1(O)OCC(C)(C)[C@H](C(=O)NCCC(=O)OCc2ccncc2)O1. The molecule has 2 heterocycles. The van der Waals surface area contributed by atoms with Gasteiger partial charge >= 0.3 is 147 Å². The number of carbonyl (C=O) groups is 2. The molecular weight excluding hydrogens is 363 g/mol. The first kappa shape index (κ1) is 20.7. The van der Waals surface area contributed by atoms with E-state index in [0.717, 1.165) is 5.56 Å². The summed E-state index contributed by atoms with van der Waals surface area (Å²) >= 11 is 0. The zero-order valence-corrected chi connectivity index (χ0v) is 16.1. The summed E-state index contributed by atoms with van der Waals surface area (Å²) in [7, 11) is -2.53. The average molecular weight is 388 g/mol. The third-order valence-corrected chi connectivity index (χ3v) is 5.44. The average Bonchev–Trinajstić information content (AvgIpc) is 2.63. The molecule has 9 nitrogen and oxygen atoms in total. The summed E-state index contributed by atoms with van der Waals surface area (Å²) < 4.78 is 20.6. The van der Waals surface area contributed by atoms with Gasteiger partial charge in [0.25, 0.3) is 0 Å². The fourth-order valence-corrected chi connectivity index (χ4v) is 3.87. The minimum atomic E-state index is -3.79. The fourth-order valence-electron chi connectivity index (χ4n) is 2.31. The van der Waals surface area contributed by atoms with Crippen molar-refractivity contribution in [3.05, 3.63) is 30.1 Å². The van der Waals surface area contributed by atoms with Crippen LogP contribution in [-0.4, -0.2) is 48.1 Å². The number of rotatable bonds is 7. The molecule has 1 aromatic rings. The second-order valence-corrected chi connectivity index (χ2v) is 8.54. The number of pyridine rings is 1. The van der Waals surface area contributed by atoms with Crippen molar-refractivity contribution in [2.24, 2.45) is 5.41 Å². The normalized spacial score (nSPS) is 22.2. The third kappa shape index (κ3) is 5.69. The Labute approximate surface area is 152 Å². The van der Waals surface area contributed by atoms with Gasteiger partial charge in [0.15, 0.2) is 0 Å². The molecule has 1 aliphatic heterocycles. The van der Waals surface area contributed by atoms with Gasteiger partial charge in [0.1, 0.15) is 0 Å². The van der Waals surface area contributed by atoms with Crippen LogP contribution >= 0.6 is 8.17 Å². The Balaban J connectivity index is 1.77. The second-order valence-electron chi connectivity index (χ2n) is 6.56. The van der Waals surface area contributed by atoms with E-state index in [2.05, 4.69) is 10.3 Å². The van der Waals surface area contributed by atoms with Gasteiger partial charge in [-0.25, -0.2) is 0 Å². The molecule has 26 heavy (non-hydrogen) atoms. The van der Waals surface area contributed by atoms with E-state index in [-0.39, 0.29) is 26.2 Å². The van der Waals surface area contributed by atoms with E-state index >= 15 is 0 Å². The molecule has 2 rings (SSSR count). The topological polar surface area (TPSA) is 116 Å². The first-order valence-corrected chi connectivity index (χ1v) is 9.84. The van der Waals surface area contributed by atoms with Crippen LogP contribution in [0.15, 0.2) is 24.5 Å². The number of ether oxygens (including phenoxy) is 1. The van der Waals surface area contributed by atoms with Crippen molar-refractivity contribution in [2.75, 3.05) is 20.3 Å². The van der Waals surface area contributed by atoms with Crippen LogP contribution in [0.3, 0.4) is 0 Å². The molecule has 1 fully saturated rings. The summed E-state index contributed by atoms with van der Waals surface area (Å²) in [6.45, 7) is 3.93. The van der Waals surface area contributed by atoms with Crippen molar-refractivity contribution in [3.63, 3.8) is 0 Å². The van der Waals surface area contributed by atoms with Crippen molar-refractivity contribution < 1.29 is 32.8 Å². The minimum absolute atomic E-state index is 0.0203. The van der Waals surface area contributed by atoms with E-state index in [1.807, 2.05) is 0 Å². The first-order valence-electron chi connectivity index (χ1n) is 8.17. The van der Waals surface area contributed by atoms with Crippen molar-refractivity contribution in [2.45, 2.75) is 33.0 Å². The van der Waals surface area contributed by atoms with Gasteiger partial charge < -0.3 is 0 Å². The summed E-state index contributed by atoms with van der Waals surface area (Å²) in [5.74, 6) is -0.875. The molecule has 0 spiro atoms. The summed E-state index contributed by atoms with van der Waals surface area (Å²) in [6, 6.07) is 3.50. The van der Waals surface area contributed by atoms with Gasteiger partial charge in [-0.3, -0.25) is 4.98 Å². The van der Waals surface area contributed by atoms with E-state index in [0.29, 0.717) is 0 Å². The number of carbonyl (C=O) groups excluding carboxylic acids is 2. The monoisotopic (exact) mass is 388 g/mol. The van der Waals surface area contributed by atoms with E-state index in [9.17, 15) is 14.5 Å². The van der Waals surface area contributed by atoms with Crippen LogP contribution in [0.25, 0.3) is 0 Å². The number of nitrogens with zero attached hydrogens (tertiary/aromatic N) is 1. The fraction of sp³-hybridized carbons (Fsp3) is 0.562. The molecule has 10 heteroatoms. The number of hydrogen-bond acceptors (Lipinski definition) is 8. The molecule has 0 unspecified atom stereocenters. The van der Waals surface area contributed by atoms with Crippen LogP contribution in [0.5, 0.6) is 0 Å². The Kier molecular flexibility index (Phi) is 7.02. The maximum atomic E-state index is 12.4. The summed E-state index contributed by atoms with van der Waals surface area (Å²) in [5.41, 5.74) is 0.183. The van der Waals surface area contributed by atoms with Crippen molar-refractivity contribution >= 4 is 20.0 Å². The zero-order valence-electron chi connectivity index (χ0n) is 15.1. The van der Waals surface area contributed by atoms with Gasteiger partial charge in [-0.1, -0.05) is 0 Å². The van der Waals surface area contributed by atoms with Crippen LogP contribution in [-0.2, 0) is 34.5 Å². The van der Waals surface area contributed by atoms with Gasteiger partial charge in [-0.2, -0.15) is 0 Å². The van der Waals surface area contributed by atoms with E-state index in [1.165, 1.54) is 7.11 Å². The van der Waals surface area contributed by atoms with Gasteiger partial charge in [-0.05, 0) is 0 Å². The van der Waals surface area contributed by atoms with Gasteiger partial charge in [0.05, 0.1) is 0 Å².